The number of fused-ring (bicyclic) bond motifs is 1. The third-order valence-electron chi connectivity index (χ3n) is 6.93. The van der Waals surface area contributed by atoms with Crippen LogP contribution in [0.25, 0.3) is 11.0 Å². The number of carbonyl (C=O) groups excluding carboxylic acids is 1. The molecule has 1 aromatic carbocycles. The predicted octanol–water partition coefficient (Wildman–Crippen LogP) is 3.29. The standard InChI is InChI=1S/C19H24N4O/c1-11(19-8-12-4-13(9-19)6-14(5-12)10-19)20-18(24)15-2-3-16-17(7-15)22-23-21-16/h2-3,7,11-14H,4-6,8-10H2,1H3,(H,20,24)(H,21,22,23). The van der Waals surface area contributed by atoms with E-state index < -0.39 is 0 Å². The average molecular weight is 324 g/mol. The lowest BCUT2D eigenvalue weighted by molar-refractivity contribution is -0.0688. The fraction of sp³-hybridized carbons (Fsp3) is 0.632. The second-order valence-electron chi connectivity index (χ2n) is 8.50. The van der Waals surface area contributed by atoms with Gasteiger partial charge in [0, 0.05) is 11.6 Å². The molecule has 4 aliphatic rings. The first-order chi connectivity index (χ1) is 11.6. The number of rotatable bonds is 3. The highest BCUT2D eigenvalue weighted by atomic mass is 16.1. The smallest absolute Gasteiger partial charge is 0.251 e. The van der Waals surface area contributed by atoms with Crippen molar-refractivity contribution in [2.45, 2.75) is 51.5 Å². The normalized spacial score (nSPS) is 35.3. The maximum Gasteiger partial charge on any atom is 0.251 e. The van der Waals surface area contributed by atoms with E-state index in [1.165, 1.54) is 38.5 Å². The molecule has 0 aliphatic heterocycles. The van der Waals surface area contributed by atoms with Gasteiger partial charge in [0.1, 0.15) is 11.0 Å². The summed E-state index contributed by atoms with van der Waals surface area (Å²) in [7, 11) is 0. The maximum atomic E-state index is 12.7. The van der Waals surface area contributed by atoms with E-state index in [2.05, 4.69) is 27.7 Å². The molecule has 2 aromatic rings. The first-order valence-corrected chi connectivity index (χ1v) is 9.23. The van der Waals surface area contributed by atoms with Crippen LogP contribution in [0.3, 0.4) is 0 Å². The van der Waals surface area contributed by atoms with Crippen LogP contribution in [0.5, 0.6) is 0 Å². The van der Waals surface area contributed by atoms with Crippen LogP contribution in [0.4, 0.5) is 0 Å². The highest BCUT2D eigenvalue weighted by molar-refractivity contribution is 5.97. The van der Waals surface area contributed by atoms with E-state index >= 15 is 0 Å². The Morgan fingerprint density at radius 1 is 1.12 bits per heavy atom. The largest absolute Gasteiger partial charge is 0.349 e. The summed E-state index contributed by atoms with van der Waals surface area (Å²) in [5.74, 6) is 2.73. The van der Waals surface area contributed by atoms with E-state index in [0.717, 1.165) is 28.8 Å². The lowest BCUT2D eigenvalue weighted by Gasteiger charge is -2.59. The summed E-state index contributed by atoms with van der Waals surface area (Å²) in [6.45, 7) is 2.22. The van der Waals surface area contributed by atoms with Crippen molar-refractivity contribution in [2.75, 3.05) is 0 Å². The second-order valence-corrected chi connectivity index (χ2v) is 8.50. The van der Waals surface area contributed by atoms with Gasteiger partial charge in [-0.15, -0.1) is 0 Å². The van der Waals surface area contributed by atoms with Crippen LogP contribution in [0, 0.1) is 23.2 Å². The molecule has 5 nitrogen and oxygen atoms in total. The number of nitrogens with one attached hydrogen (secondary N) is 2. The molecule has 126 valence electrons. The summed E-state index contributed by atoms with van der Waals surface area (Å²) >= 11 is 0. The van der Waals surface area contributed by atoms with Crippen LogP contribution in [-0.4, -0.2) is 27.4 Å². The van der Waals surface area contributed by atoms with Gasteiger partial charge in [-0.05, 0) is 86.8 Å². The Labute approximate surface area is 141 Å². The van der Waals surface area contributed by atoms with Crippen molar-refractivity contribution in [1.82, 2.24) is 20.7 Å². The minimum absolute atomic E-state index is 0.0168. The van der Waals surface area contributed by atoms with Gasteiger partial charge in [0.2, 0.25) is 0 Å². The zero-order valence-electron chi connectivity index (χ0n) is 14.1. The molecular weight excluding hydrogens is 300 g/mol. The molecule has 6 rings (SSSR count). The van der Waals surface area contributed by atoms with E-state index in [4.69, 9.17) is 0 Å². The molecule has 1 heterocycles. The molecule has 0 saturated heterocycles. The third-order valence-corrected chi connectivity index (χ3v) is 6.93. The lowest BCUT2D eigenvalue weighted by atomic mass is 9.48. The van der Waals surface area contributed by atoms with Gasteiger partial charge in [0.15, 0.2) is 0 Å². The van der Waals surface area contributed by atoms with Gasteiger partial charge >= 0.3 is 0 Å². The Kier molecular flexibility index (Phi) is 3.03. The summed E-state index contributed by atoms with van der Waals surface area (Å²) in [6, 6.07) is 5.75. The monoisotopic (exact) mass is 324 g/mol. The van der Waals surface area contributed by atoms with E-state index in [1.54, 1.807) is 0 Å². The van der Waals surface area contributed by atoms with E-state index in [9.17, 15) is 4.79 Å². The van der Waals surface area contributed by atoms with Crippen LogP contribution >= 0.6 is 0 Å². The molecule has 1 aromatic heterocycles. The Balaban J connectivity index is 1.36. The molecule has 0 radical (unpaired) electrons. The SMILES string of the molecule is CC(NC(=O)c1ccc2n[nH]nc2c1)C12CC3CC(CC(C3)C1)C2. The first-order valence-electron chi connectivity index (χ1n) is 9.23. The minimum atomic E-state index is 0.0168. The zero-order chi connectivity index (χ0) is 16.3. The quantitative estimate of drug-likeness (QED) is 0.910. The Hall–Kier alpha value is -1.91. The number of nitrogens with zero attached hydrogens (tertiary/aromatic N) is 2. The molecular formula is C19H24N4O. The van der Waals surface area contributed by atoms with Crippen molar-refractivity contribution in [2.24, 2.45) is 23.2 Å². The zero-order valence-corrected chi connectivity index (χ0v) is 14.1. The van der Waals surface area contributed by atoms with Crippen LogP contribution in [-0.2, 0) is 0 Å². The fourth-order valence-corrected chi connectivity index (χ4v) is 6.12. The van der Waals surface area contributed by atoms with Crippen LogP contribution in [0.15, 0.2) is 18.2 Å². The van der Waals surface area contributed by atoms with E-state index in [0.29, 0.717) is 11.0 Å². The van der Waals surface area contributed by atoms with Gasteiger partial charge in [-0.25, -0.2) is 0 Å². The topological polar surface area (TPSA) is 70.7 Å². The Morgan fingerprint density at radius 2 is 1.75 bits per heavy atom. The van der Waals surface area contributed by atoms with Crippen LogP contribution in [0.1, 0.15) is 55.8 Å². The van der Waals surface area contributed by atoms with E-state index in [-0.39, 0.29) is 11.9 Å². The minimum Gasteiger partial charge on any atom is -0.349 e. The summed E-state index contributed by atoms with van der Waals surface area (Å²) in [5, 5.41) is 14.0. The fourth-order valence-electron chi connectivity index (χ4n) is 6.12. The number of hydrogen-bond acceptors (Lipinski definition) is 3. The van der Waals surface area contributed by atoms with Crippen molar-refractivity contribution in [3.8, 4) is 0 Å². The molecule has 4 aliphatic carbocycles. The van der Waals surface area contributed by atoms with Crippen LogP contribution < -0.4 is 5.32 Å². The average Bonchev–Trinajstić information content (AvgIpc) is 3.01. The highest BCUT2D eigenvalue weighted by Gasteiger charge is 2.53. The van der Waals surface area contributed by atoms with Gasteiger partial charge in [0.25, 0.3) is 5.91 Å². The summed E-state index contributed by atoms with van der Waals surface area (Å²) in [6.07, 6.45) is 8.22. The van der Waals surface area contributed by atoms with Crippen LogP contribution in [0.2, 0.25) is 0 Å². The molecule has 4 fully saturated rings. The van der Waals surface area contributed by atoms with Gasteiger partial charge in [-0.2, -0.15) is 15.4 Å². The molecule has 5 heteroatoms. The maximum absolute atomic E-state index is 12.7. The lowest BCUT2D eigenvalue weighted by Crippen LogP contribution is -2.55. The van der Waals surface area contributed by atoms with E-state index in [1.807, 2.05) is 18.2 Å². The van der Waals surface area contributed by atoms with Gasteiger partial charge < -0.3 is 5.32 Å². The number of amides is 1. The number of hydrogen-bond donors (Lipinski definition) is 2. The number of benzene rings is 1. The predicted molar refractivity (Wildman–Crippen MR) is 91.4 cm³/mol. The molecule has 0 spiro atoms. The van der Waals surface area contributed by atoms with Crippen molar-refractivity contribution in [3.05, 3.63) is 23.8 Å². The summed E-state index contributed by atoms with van der Waals surface area (Å²) < 4.78 is 0. The number of aromatic amines is 1. The Bertz CT molecular complexity index is 760. The van der Waals surface area contributed by atoms with Crippen molar-refractivity contribution >= 4 is 16.9 Å². The highest BCUT2D eigenvalue weighted by Crippen LogP contribution is 2.61. The molecule has 4 saturated carbocycles. The van der Waals surface area contributed by atoms with Gasteiger partial charge in [-0.3, -0.25) is 4.79 Å². The number of carbonyl (C=O) groups is 1. The third kappa shape index (κ3) is 2.17. The molecule has 4 bridgehead atoms. The molecule has 1 unspecified atom stereocenters. The first kappa shape index (κ1) is 14.4. The number of aromatic nitrogens is 3. The van der Waals surface area contributed by atoms with Gasteiger partial charge in [-0.1, -0.05) is 0 Å². The van der Waals surface area contributed by atoms with Crippen molar-refractivity contribution < 1.29 is 4.79 Å². The molecule has 1 atom stereocenters. The molecule has 24 heavy (non-hydrogen) atoms. The summed E-state index contributed by atoms with van der Waals surface area (Å²) in [5.41, 5.74) is 2.54. The number of H-pyrrole nitrogens is 1. The molecule has 1 amide bonds. The van der Waals surface area contributed by atoms with Crippen molar-refractivity contribution in [3.63, 3.8) is 0 Å². The van der Waals surface area contributed by atoms with Crippen molar-refractivity contribution in [1.29, 1.82) is 0 Å². The van der Waals surface area contributed by atoms with Gasteiger partial charge in [0.05, 0.1) is 0 Å². The molecule has 2 N–H and O–H groups in total. The Morgan fingerprint density at radius 3 is 2.42 bits per heavy atom. The summed E-state index contributed by atoms with van der Waals surface area (Å²) in [4.78, 5) is 12.7. The second kappa shape index (κ2) is 5.04.